The van der Waals surface area contributed by atoms with Crippen LogP contribution in [-0.4, -0.2) is 10.8 Å². The van der Waals surface area contributed by atoms with Crippen molar-refractivity contribution in [1.29, 1.82) is 0 Å². The fourth-order valence-electron chi connectivity index (χ4n) is 1.91. The molecule has 0 heterocycles. The minimum atomic E-state index is -0.538. The quantitative estimate of drug-likeness (QED) is 0.365. The second kappa shape index (κ2) is 7.19. The van der Waals surface area contributed by atoms with E-state index in [1.807, 2.05) is 35.8 Å². The number of nitrogens with one attached hydrogen (secondary N) is 1. The summed E-state index contributed by atoms with van der Waals surface area (Å²) in [7, 11) is 0. The van der Waals surface area contributed by atoms with Gasteiger partial charge in [0.25, 0.3) is 0 Å². The van der Waals surface area contributed by atoms with E-state index < -0.39 is 10.8 Å². The number of nitrogens with two attached hydrogens (primary N) is 1. The Morgan fingerprint density at radius 2 is 1.91 bits per heavy atom. The third kappa shape index (κ3) is 4.03. The van der Waals surface area contributed by atoms with E-state index in [9.17, 15) is 14.9 Å². The fraction of sp³-hybridized carbons (Fsp3) is 0.133. The summed E-state index contributed by atoms with van der Waals surface area (Å²) in [6.07, 6.45) is -0.0314. The van der Waals surface area contributed by atoms with E-state index in [0.717, 1.165) is 5.56 Å². The van der Waals surface area contributed by atoms with Crippen molar-refractivity contribution >= 4 is 11.6 Å². The van der Waals surface area contributed by atoms with Gasteiger partial charge in [0.05, 0.1) is 11.3 Å². The van der Waals surface area contributed by atoms with Crippen LogP contribution in [0.4, 0.5) is 5.69 Å². The first-order valence-electron chi connectivity index (χ1n) is 6.53. The monoisotopic (exact) mass is 301 g/mol. The summed E-state index contributed by atoms with van der Waals surface area (Å²) in [5.41, 5.74) is 3.19. The lowest BCUT2D eigenvalue weighted by molar-refractivity contribution is -0.386. The van der Waals surface area contributed by atoms with Crippen molar-refractivity contribution in [2.45, 2.75) is 13.0 Å². The molecule has 7 heteroatoms. The molecule has 0 radical (unpaired) electrons. The number of nitro benzene ring substituents is 1. The lowest BCUT2D eigenvalue weighted by Crippen LogP contribution is -2.31. The van der Waals surface area contributed by atoms with Gasteiger partial charge in [-0.05, 0) is 17.2 Å². The number of hydrogen-bond acceptors (Lipinski definition) is 5. The zero-order valence-corrected chi connectivity index (χ0v) is 11.7. The number of hydrazine groups is 1. The molecule has 1 amide bonds. The molecule has 0 atom stereocenters. The van der Waals surface area contributed by atoms with Gasteiger partial charge in [0, 0.05) is 6.07 Å². The van der Waals surface area contributed by atoms with Gasteiger partial charge in [0.2, 0.25) is 5.91 Å². The number of hydrogen-bond donors (Lipinski definition) is 2. The van der Waals surface area contributed by atoms with Crippen LogP contribution in [0.25, 0.3) is 0 Å². The predicted molar refractivity (Wildman–Crippen MR) is 79.9 cm³/mol. The average molecular weight is 301 g/mol. The number of ether oxygens (including phenoxy) is 1. The molecular weight excluding hydrogens is 286 g/mol. The van der Waals surface area contributed by atoms with Gasteiger partial charge in [-0.3, -0.25) is 20.3 Å². The van der Waals surface area contributed by atoms with Crippen molar-refractivity contribution in [1.82, 2.24) is 5.43 Å². The first-order chi connectivity index (χ1) is 10.6. The highest BCUT2D eigenvalue weighted by molar-refractivity contribution is 5.78. The molecule has 0 bridgehead atoms. The lowest BCUT2D eigenvalue weighted by atomic mass is 10.1. The number of benzene rings is 2. The Morgan fingerprint density at radius 1 is 1.18 bits per heavy atom. The number of carbonyl (C=O) groups excluding carboxylic acids is 1. The minimum Gasteiger partial charge on any atom is -0.482 e. The van der Waals surface area contributed by atoms with Gasteiger partial charge in [-0.1, -0.05) is 36.4 Å². The van der Waals surface area contributed by atoms with E-state index in [1.165, 1.54) is 12.1 Å². The number of nitro groups is 1. The third-order valence-electron chi connectivity index (χ3n) is 2.98. The maximum Gasteiger partial charge on any atom is 0.311 e. The molecular formula is C15H15N3O4. The highest BCUT2D eigenvalue weighted by Crippen LogP contribution is 2.29. The number of amides is 1. The lowest BCUT2D eigenvalue weighted by Gasteiger charge is -2.08. The molecule has 0 saturated carbocycles. The van der Waals surface area contributed by atoms with E-state index in [4.69, 9.17) is 10.6 Å². The molecule has 7 nitrogen and oxygen atoms in total. The smallest absolute Gasteiger partial charge is 0.311 e. The summed E-state index contributed by atoms with van der Waals surface area (Å²) in [6, 6.07) is 13.7. The summed E-state index contributed by atoms with van der Waals surface area (Å²) >= 11 is 0. The standard InChI is InChI=1S/C15H15N3O4/c16-17-15(19)9-12-6-7-14(13(8-12)18(20)21)22-10-11-4-2-1-3-5-11/h1-8H,9-10,16H2,(H,17,19). The highest BCUT2D eigenvalue weighted by atomic mass is 16.6. The number of nitrogens with zero attached hydrogens (tertiary/aromatic N) is 1. The summed E-state index contributed by atoms with van der Waals surface area (Å²) in [5, 5.41) is 11.1. The molecule has 0 aliphatic heterocycles. The van der Waals surface area contributed by atoms with Crippen molar-refractivity contribution in [3.63, 3.8) is 0 Å². The van der Waals surface area contributed by atoms with Crippen molar-refractivity contribution in [3.05, 3.63) is 69.8 Å². The molecule has 0 aromatic heterocycles. The van der Waals surface area contributed by atoms with Crippen molar-refractivity contribution in [2.24, 2.45) is 5.84 Å². The van der Waals surface area contributed by atoms with E-state index in [-0.39, 0.29) is 24.5 Å². The highest BCUT2D eigenvalue weighted by Gasteiger charge is 2.17. The van der Waals surface area contributed by atoms with Crippen molar-refractivity contribution in [3.8, 4) is 5.75 Å². The minimum absolute atomic E-state index is 0.0314. The van der Waals surface area contributed by atoms with Crippen LogP contribution in [0.1, 0.15) is 11.1 Å². The Balaban J connectivity index is 2.16. The molecule has 3 N–H and O–H groups in total. The Bertz CT molecular complexity index is 674. The number of rotatable bonds is 6. The SMILES string of the molecule is NNC(=O)Cc1ccc(OCc2ccccc2)c([N+](=O)[O-])c1. The number of carbonyl (C=O) groups is 1. The van der Waals surface area contributed by atoms with E-state index in [0.29, 0.717) is 5.56 Å². The molecule has 0 fully saturated rings. The van der Waals surface area contributed by atoms with Gasteiger partial charge in [-0.25, -0.2) is 5.84 Å². The topological polar surface area (TPSA) is 107 Å². The molecule has 0 aliphatic rings. The van der Waals surface area contributed by atoms with E-state index >= 15 is 0 Å². The Kier molecular flexibility index (Phi) is 5.05. The Hall–Kier alpha value is -2.93. The third-order valence-corrected chi connectivity index (χ3v) is 2.98. The van der Waals surface area contributed by atoms with E-state index in [1.54, 1.807) is 6.07 Å². The average Bonchev–Trinajstić information content (AvgIpc) is 2.54. The Morgan fingerprint density at radius 3 is 2.55 bits per heavy atom. The molecule has 0 aliphatic carbocycles. The van der Waals surface area contributed by atoms with Crippen LogP contribution in [0.3, 0.4) is 0 Å². The first-order valence-corrected chi connectivity index (χ1v) is 6.53. The summed E-state index contributed by atoms with van der Waals surface area (Å²) < 4.78 is 5.50. The van der Waals surface area contributed by atoms with Gasteiger partial charge < -0.3 is 4.74 Å². The molecule has 0 saturated heterocycles. The van der Waals surface area contributed by atoms with Gasteiger partial charge in [0.1, 0.15) is 6.61 Å². The zero-order valence-electron chi connectivity index (χ0n) is 11.7. The Labute approximate surface area is 126 Å². The van der Waals surface area contributed by atoms with Crippen LogP contribution < -0.4 is 16.0 Å². The summed E-state index contributed by atoms with van der Waals surface area (Å²) in [4.78, 5) is 21.8. The molecule has 2 aromatic carbocycles. The van der Waals surface area contributed by atoms with Crippen LogP contribution >= 0.6 is 0 Å². The van der Waals surface area contributed by atoms with Crippen LogP contribution in [0.15, 0.2) is 48.5 Å². The van der Waals surface area contributed by atoms with Gasteiger partial charge >= 0.3 is 5.69 Å². The van der Waals surface area contributed by atoms with Gasteiger partial charge in [0.15, 0.2) is 5.75 Å². The molecule has 2 rings (SSSR count). The maximum atomic E-state index is 11.2. The predicted octanol–water partition coefficient (Wildman–Crippen LogP) is 1.71. The first kappa shape index (κ1) is 15.5. The second-order valence-electron chi connectivity index (χ2n) is 4.58. The van der Waals surface area contributed by atoms with Crippen LogP contribution in [0.2, 0.25) is 0 Å². The fourth-order valence-corrected chi connectivity index (χ4v) is 1.91. The van der Waals surface area contributed by atoms with Crippen LogP contribution in [0, 0.1) is 10.1 Å². The molecule has 0 unspecified atom stereocenters. The van der Waals surface area contributed by atoms with Crippen molar-refractivity contribution in [2.75, 3.05) is 0 Å². The normalized spacial score (nSPS) is 10.0. The maximum absolute atomic E-state index is 11.2. The van der Waals surface area contributed by atoms with Crippen LogP contribution in [0.5, 0.6) is 5.75 Å². The molecule has 0 spiro atoms. The van der Waals surface area contributed by atoms with Crippen molar-refractivity contribution < 1.29 is 14.5 Å². The summed E-state index contributed by atoms with van der Waals surface area (Å²) in [5.74, 6) is 4.74. The second-order valence-corrected chi connectivity index (χ2v) is 4.58. The molecule has 2 aromatic rings. The van der Waals surface area contributed by atoms with Gasteiger partial charge in [-0.15, -0.1) is 0 Å². The molecule has 114 valence electrons. The zero-order chi connectivity index (χ0) is 15.9. The van der Waals surface area contributed by atoms with E-state index in [2.05, 4.69) is 0 Å². The summed E-state index contributed by atoms with van der Waals surface area (Å²) in [6.45, 7) is 0.227. The van der Waals surface area contributed by atoms with Crippen LogP contribution in [-0.2, 0) is 17.8 Å². The van der Waals surface area contributed by atoms with Gasteiger partial charge in [-0.2, -0.15) is 0 Å². The largest absolute Gasteiger partial charge is 0.482 e. The molecule has 22 heavy (non-hydrogen) atoms.